The van der Waals surface area contributed by atoms with E-state index in [1.54, 1.807) is 17.5 Å². The van der Waals surface area contributed by atoms with Gasteiger partial charge in [-0.05, 0) is 25.0 Å². The highest BCUT2D eigenvalue weighted by molar-refractivity contribution is 7.13. The Kier molecular flexibility index (Phi) is 7.65. The number of hydrogen-bond acceptors (Lipinski definition) is 6. The molecule has 9 heteroatoms. The van der Waals surface area contributed by atoms with E-state index in [-0.39, 0.29) is 17.5 Å². The molecule has 28 heavy (non-hydrogen) atoms. The molecule has 0 aliphatic rings. The van der Waals surface area contributed by atoms with Crippen molar-refractivity contribution >= 4 is 39.9 Å². The highest BCUT2D eigenvalue weighted by atomic mass is 32.1. The number of aliphatic carboxylic acids is 1. The first-order chi connectivity index (χ1) is 13.2. The lowest BCUT2D eigenvalue weighted by molar-refractivity contribution is -0.136. The molecule has 0 bridgehead atoms. The van der Waals surface area contributed by atoms with E-state index in [2.05, 4.69) is 10.3 Å². The third-order valence-corrected chi connectivity index (χ3v) is 4.28. The average molecular weight is 405 g/mol. The molecule has 1 heterocycles. The zero-order valence-electron chi connectivity index (χ0n) is 16.0. The van der Waals surface area contributed by atoms with Crippen LogP contribution in [0.25, 0.3) is 0 Å². The SMILES string of the molecule is Cc1ccc(N(OCC(C)C)C(=O)CC(=O)Nc2nc(CC(=O)O)cs2)cc1. The van der Waals surface area contributed by atoms with E-state index in [0.29, 0.717) is 18.0 Å². The first-order valence-corrected chi connectivity index (χ1v) is 9.61. The predicted molar refractivity (Wildman–Crippen MR) is 106 cm³/mol. The summed E-state index contributed by atoms with van der Waals surface area (Å²) < 4.78 is 0. The largest absolute Gasteiger partial charge is 0.481 e. The number of aryl methyl sites for hydroxylation is 1. The summed E-state index contributed by atoms with van der Waals surface area (Å²) in [4.78, 5) is 45.2. The van der Waals surface area contributed by atoms with Crippen LogP contribution in [0.5, 0.6) is 0 Å². The second kappa shape index (κ2) is 9.95. The van der Waals surface area contributed by atoms with Gasteiger partial charge in [-0.3, -0.25) is 19.2 Å². The second-order valence-electron chi connectivity index (χ2n) is 6.65. The Morgan fingerprint density at radius 2 is 1.93 bits per heavy atom. The minimum Gasteiger partial charge on any atom is -0.481 e. The van der Waals surface area contributed by atoms with Gasteiger partial charge < -0.3 is 10.4 Å². The number of benzene rings is 1. The van der Waals surface area contributed by atoms with Gasteiger partial charge in [0, 0.05) is 5.38 Å². The van der Waals surface area contributed by atoms with Crippen LogP contribution in [0.4, 0.5) is 10.8 Å². The molecule has 2 N–H and O–H groups in total. The van der Waals surface area contributed by atoms with E-state index in [0.717, 1.165) is 22.0 Å². The molecule has 0 unspecified atom stereocenters. The van der Waals surface area contributed by atoms with Crippen LogP contribution in [0, 0.1) is 12.8 Å². The van der Waals surface area contributed by atoms with Gasteiger partial charge in [-0.2, -0.15) is 5.06 Å². The number of thiazole rings is 1. The van der Waals surface area contributed by atoms with Crippen LogP contribution >= 0.6 is 11.3 Å². The van der Waals surface area contributed by atoms with Crippen molar-refractivity contribution < 1.29 is 24.3 Å². The minimum absolute atomic E-state index is 0.206. The maximum absolute atomic E-state index is 12.6. The van der Waals surface area contributed by atoms with E-state index in [1.165, 1.54) is 0 Å². The fourth-order valence-corrected chi connectivity index (χ4v) is 2.89. The molecule has 0 aliphatic carbocycles. The van der Waals surface area contributed by atoms with E-state index in [4.69, 9.17) is 9.94 Å². The van der Waals surface area contributed by atoms with Crippen molar-refractivity contribution in [3.63, 3.8) is 0 Å². The van der Waals surface area contributed by atoms with E-state index >= 15 is 0 Å². The summed E-state index contributed by atoms with van der Waals surface area (Å²) in [6, 6.07) is 7.22. The maximum atomic E-state index is 12.6. The monoisotopic (exact) mass is 405 g/mol. The van der Waals surface area contributed by atoms with Gasteiger partial charge in [0.25, 0.3) is 5.91 Å². The summed E-state index contributed by atoms with van der Waals surface area (Å²) in [7, 11) is 0. The number of hydroxylamine groups is 1. The summed E-state index contributed by atoms with van der Waals surface area (Å²) in [5.74, 6) is -1.86. The first-order valence-electron chi connectivity index (χ1n) is 8.73. The molecule has 0 aliphatic heterocycles. The highest BCUT2D eigenvalue weighted by Gasteiger charge is 2.21. The molecular weight excluding hydrogens is 382 g/mol. The zero-order valence-corrected chi connectivity index (χ0v) is 16.8. The molecule has 0 radical (unpaired) electrons. The molecule has 1 aromatic carbocycles. The number of carbonyl (C=O) groups is 3. The van der Waals surface area contributed by atoms with Gasteiger partial charge in [0.05, 0.1) is 24.4 Å². The number of nitrogens with zero attached hydrogens (tertiary/aromatic N) is 2. The lowest BCUT2D eigenvalue weighted by Gasteiger charge is -2.23. The topological polar surface area (TPSA) is 109 Å². The number of hydrogen-bond donors (Lipinski definition) is 2. The second-order valence-corrected chi connectivity index (χ2v) is 7.51. The normalized spacial score (nSPS) is 10.7. The molecule has 8 nitrogen and oxygen atoms in total. The molecule has 2 aromatic rings. The van der Waals surface area contributed by atoms with Crippen molar-refractivity contribution in [2.75, 3.05) is 17.0 Å². The Bertz CT molecular complexity index is 832. The van der Waals surface area contributed by atoms with Crippen LogP contribution in [-0.4, -0.2) is 34.5 Å². The number of aromatic nitrogens is 1. The Hall–Kier alpha value is -2.78. The molecule has 1 aromatic heterocycles. The summed E-state index contributed by atoms with van der Waals surface area (Å²) in [5.41, 5.74) is 1.93. The van der Waals surface area contributed by atoms with Crippen molar-refractivity contribution in [2.45, 2.75) is 33.6 Å². The summed E-state index contributed by atoms with van der Waals surface area (Å²) in [6.45, 7) is 6.18. The highest BCUT2D eigenvalue weighted by Crippen LogP contribution is 2.19. The molecule has 2 amide bonds. The third kappa shape index (κ3) is 6.75. The van der Waals surface area contributed by atoms with Crippen LogP contribution in [0.3, 0.4) is 0 Å². The van der Waals surface area contributed by atoms with Gasteiger partial charge in [-0.25, -0.2) is 4.98 Å². The maximum Gasteiger partial charge on any atom is 0.309 e. The third-order valence-electron chi connectivity index (χ3n) is 3.47. The molecule has 0 saturated carbocycles. The van der Waals surface area contributed by atoms with Crippen LogP contribution < -0.4 is 10.4 Å². The summed E-state index contributed by atoms with van der Waals surface area (Å²) >= 11 is 1.10. The Morgan fingerprint density at radius 3 is 2.54 bits per heavy atom. The number of rotatable bonds is 9. The van der Waals surface area contributed by atoms with Crippen molar-refractivity contribution in [2.24, 2.45) is 5.92 Å². The lowest BCUT2D eigenvalue weighted by Crippen LogP contribution is -2.35. The molecule has 0 saturated heterocycles. The fourth-order valence-electron chi connectivity index (χ4n) is 2.17. The molecule has 0 fully saturated rings. The van der Waals surface area contributed by atoms with Gasteiger partial charge in [0.1, 0.15) is 6.42 Å². The van der Waals surface area contributed by atoms with Crippen molar-refractivity contribution in [1.29, 1.82) is 0 Å². The standard InChI is InChI=1S/C19H23N3O5S/c1-12(2)10-27-22(15-6-4-13(3)5-7-15)17(24)9-16(23)21-19-20-14(11-28-19)8-18(25)26/h4-7,11-12H,8-10H2,1-3H3,(H,25,26)(H,20,21,23). The minimum atomic E-state index is -1.01. The van der Waals surface area contributed by atoms with Gasteiger partial charge in [0.2, 0.25) is 5.91 Å². The van der Waals surface area contributed by atoms with Crippen molar-refractivity contribution in [3.05, 3.63) is 40.9 Å². The van der Waals surface area contributed by atoms with Crippen LogP contribution in [-0.2, 0) is 25.6 Å². The molecule has 2 rings (SSSR count). The molecular formula is C19H23N3O5S. The molecule has 0 spiro atoms. The quantitative estimate of drug-likeness (QED) is 0.490. The predicted octanol–water partition coefficient (Wildman–Crippen LogP) is 3.03. The van der Waals surface area contributed by atoms with E-state index < -0.39 is 24.2 Å². The smallest absolute Gasteiger partial charge is 0.309 e. The lowest BCUT2D eigenvalue weighted by atomic mass is 10.2. The Morgan fingerprint density at radius 1 is 1.25 bits per heavy atom. The van der Waals surface area contributed by atoms with Crippen molar-refractivity contribution in [3.8, 4) is 0 Å². The number of carboxylic acid groups (broad SMARTS) is 1. The van der Waals surface area contributed by atoms with Crippen LogP contribution in [0.1, 0.15) is 31.5 Å². The van der Waals surface area contributed by atoms with E-state index in [1.807, 2.05) is 32.9 Å². The number of anilines is 2. The Balaban J connectivity index is 2.02. The average Bonchev–Trinajstić information content (AvgIpc) is 3.02. The number of nitrogens with one attached hydrogen (secondary N) is 1. The van der Waals surface area contributed by atoms with Crippen LogP contribution in [0.2, 0.25) is 0 Å². The van der Waals surface area contributed by atoms with Crippen LogP contribution in [0.15, 0.2) is 29.6 Å². The fraction of sp³-hybridized carbons (Fsp3) is 0.368. The summed E-state index contributed by atoms with van der Waals surface area (Å²) in [6.07, 6.45) is -0.657. The Labute approximate surface area is 167 Å². The first kappa shape index (κ1) is 21.5. The number of carboxylic acids is 1. The number of carbonyl (C=O) groups excluding carboxylic acids is 2. The van der Waals surface area contributed by atoms with E-state index in [9.17, 15) is 14.4 Å². The molecule has 0 atom stereocenters. The van der Waals surface area contributed by atoms with Gasteiger partial charge in [0.15, 0.2) is 5.13 Å². The van der Waals surface area contributed by atoms with Gasteiger partial charge >= 0.3 is 5.97 Å². The summed E-state index contributed by atoms with van der Waals surface area (Å²) in [5, 5.41) is 14.2. The van der Waals surface area contributed by atoms with Gasteiger partial charge in [-0.1, -0.05) is 31.5 Å². The number of amides is 2. The van der Waals surface area contributed by atoms with Crippen molar-refractivity contribution in [1.82, 2.24) is 4.98 Å². The zero-order chi connectivity index (χ0) is 20.7. The molecule has 150 valence electrons. The van der Waals surface area contributed by atoms with Gasteiger partial charge in [-0.15, -0.1) is 11.3 Å².